The largest absolute Gasteiger partial charge is 0.361 e. The van der Waals surface area contributed by atoms with Gasteiger partial charge >= 0.3 is 6.03 Å². The molecular weight excluding hydrogens is 527 g/mol. The van der Waals surface area contributed by atoms with E-state index in [1.807, 2.05) is 35.2 Å². The molecule has 2 heterocycles. The van der Waals surface area contributed by atoms with Crippen LogP contribution >= 0.6 is 24.0 Å². The van der Waals surface area contributed by atoms with Gasteiger partial charge in [0.05, 0.1) is 6.54 Å². The fourth-order valence-electron chi connectivity index (χ4n) is 4.04. The van der Waals surface area contributed by atoms with Gasteiger partial charge in [-0.3, -0.25) is 0 Å². The van der Waals surface area contributed by atoms with Crippen molar-refractivity contribution >= 4 is 52.6 Å². The summed E-state index contributed by atoms with van der Waals surface area (Å²) in [7, 11) is 0. The van der Waals surface area contributed by atoms with Crippen molar-refractivity contribution in [2.45, 2.75) is 32.7 Å². The molecule has 2 aromatic carbocycles. The third-order valence-corrected chi connectivity index (χ3v) is 5.70. The van der Waals surface area contributed by atoms with Gasteiger partial charge in [0.25, 0.3) is 0 Å². The van der Waals surface area contributed by atoms with Crippen LogP contribution in [-0.4, -0.2) is 48.1 Å². The molecule has 2 amide bonds. The number of nitrogens with one attached hydrogen (secondary N) is 4. The molecule has 176 valence electrons. The number of nitrogens with zero attached hydrogens (tertiary/aromatic N) is 2. The number of benzene rings is 2. The van der Waals surface area contributed by atoms with Crippen LogP contribution < -0.4 is 16.0 Å². The van der Waals surface area contributed by atoms with Gasteiger partial charge in [-0.05, 0) is 55.5 Å². The van der Waals surface area contributed by atoms with Gasteiger partial charge in [-0.15, -0.1) is 24.0 Å². The summed E-state index contributed by atoms with van der Waals surface area (Å²) < 4.78 is 0. The summed E-state index contributed by atoms with van der Waals surface area (Å²) in [6.07, 6.45) is 5.16. The molecule has 4 N–H and O–H groups in total. The fraction of sp³-hybridized carbons (Fsp3) is 0.360. The highest BCUT2D eigenvalue weighted by atomic mass is 127. The molecule has 0 saturated carbocycles. The SMILES string of the molecule is CCNC(=NCc1cccc(NC(=O)N2CCCC2)c1)NCCc1c[nH]c2ccccc12.I. The maximum absolute atomic E-state index is 12.3. The number of urea groups is 1. The molecule has 4 rings (SSSR count). The third kappa shape index (κ3) is 6.86. The van der Waals surface area contributed by atoms with Crippen LogP contribution in [0.15, 0.2) is 59.7 Å². The molecule has 0 aliphatic carbocycles. The first-order valence-corrected chi connectivity index (χ1v) is 11.4. The van der Waals surface area contributed by atoms with E-state index in [1.165, 1.54) is 16.5 Å². The van der Waals surface area contributed by atoms with E-state index in [4.69, 9.17) is 4.99 Å². The molecule has 0 spiro atoms. The maximum Gasteiger partial charge on any atom is 0.321 e. The van der Waals surface area contributed by atoms with Crippen molar-refractivity contribution in [1.82, 2.24) is 20.5 Å². The lowest BCUT2D eigenvalue weighted by Gasteiger charge is -2.16. The Bertz CT molecular complexity index is 1070. The minimum absolute atomic E-state index is 0. The molecule has 0 bridgehead atoms. The van der Waals surface area contributed by atoms with E-state index < -0.39 is 0 Å². The number of guanidine groups is 1. The number of fused-ring (bicyclic) bond motifs is 1. The molecule has 0 radical (unpaired) electrons. The van der Waals surface area contributed by atoms with E-state index in [1.54, 1.807) is 0 Å². The van der Waals surface area contributed by atoms with Crippen LogP contribution in [-0.2, 0) is 13.0 Å². The van der Waals surface area contributed by atoms with Gasteiger partial charge in [0, 0.05) is 49.0 Å². The minimum Gasteiger partial charge on any atom is -0.361 e. The highest BCUT2D eigenvalue weighted by Crippen LogP contribution is 2.18. The van der Waals surface area contributed by atoms with Crippen molar-refractivity contribution in [1.29, 1.82) is 0 Å². The molecule has 0 unspecified atom stereocenters. The molecule has 1 aliphatic heterocycles. The molecule has 0 atom stereocenters. The van der Waals surface area contributed by atoms with E-state index in [0.717, 1.165) is 62.7 Å². The molecule has 33 heavy (non-hydrogen) atoms. The second kappa shape index (κ2) is 12.5. The van der Waals surface area contributed by atoms with E-state index in [9.17, 15) is 4.79 Å². The first-order valence-electron chi connectivity index (χ1n) is 11.4. The molecule has 1 aliphatic rings. The Labute approximate surface area is 212 Å². The number of para-hydroxylation sites is 1. The van der Waals surface area contributed by atoms with Crippen molar-refractivity contribution in [3.8, 4) is 0 Å². The number of aromatic nitrogens is 1. The number of carbonyl (C=O) groups excluding carboxylic acids is 1. The number of hydrogen-bond donors (Lipinski definition) is 4. The lowest BCUT2D eigenvalue weighted by atomic mass is 10.1. The number of aromatic amines is 1. The predicted molar refractivity (Wildman–Crippen MR) is 147 cm³/mol. The Morgan fingerprint density at radius 1 is 1.09 bits per heavy atom. The summed E-state index contributed by atoms with van der Waals surface area (Å²) >= 11 is 0. The van der Waals surface area contributed by atoms with Gasteiger partial charge in [0.2, 0.25) is 0 Å². The van der Waals surface area contributed by atoms with Gasteiger partial charge < -0.3 is 25.8 Å². The summed E-state index contributed by atoms with van der Waals surface area (Å²) in [6.45, 7) is 5.86. The number of amides is 2. The quantitative estimate of drug-likeness (QED) is 0.192. The molecule has 3 aromatic rings. The normalized spacial score (nSPS) is 13.6. The van der Waals surface area contributed by atoms with E-state index in [2.05, 4.69) is 52.3 Å². The van der Waals surface area contributed by atoms with Crippen LogP contribution in [0.25, 0.3) is 10.9 Å². The van der Waals surface area contributed by atoms with Crippen molar-refractivity contribution in [2.24, 2.45) is 4.99 Å². The van der Waals surface area contributed by atoms with Crippen LogP contribution in [0.1, 0.15) is 30.9 Å². The summed E-state index contributed by atoms with van der Waals surface area (Å²) in [5.41, 5.74) is 4.33. The Morgan fingerprint density at radius 3 is 2.73 bits per heavy atom. The summed E-state index contributed by atoms with van der Waals surface area (Å²) in [6, 6.07) is 16.3. The average Bonchev–Trinajstić information content (AvgIpc) is 3.48. The minimum atomic E-state index is -0.0181. The molecular formula is C25H33IN6O. The van der Waals surface area contributed by atoms with Gasteiger partial charge in [-0.2, -0.15) is 0 Å². The first kappa shape index (κ1) is 24.9. The highest BCUT2D eigenvalue weighted by molar-refractivity contribution is 14.0. The maximum atomic E-state index is 12.3. The Balaban J connectivity index is 0.00000306. The average molecular weight is 560 g/mol. The number of aliphatic imine (C=N–C) groups is 1. The van der Waals surface area contributed by atoms with Crippen LogP contribution in [0.5, 0.6) is 0 Å². The molecule has 7 nitrogen and oxygen atoms in total. The topological polar surface area (TPSA) is 84.6 Å². The number of carbonyl (C=O) groups is 1. The van der Waals surface area contributed by atoms with Crippen LogP contribution in [0.3, 0.4) is 0 Å². The second-order valence-corrected chi connectivity index (χ2v) is 8.06. The predicted octanol–water partition coefficient (Wildman–Crippen LogP) is 4.71. The number of likely N-dealkylation sites (tertiary alicyclic amines) is 1. The molecule has 1 aromatic heterocycles. The van der Waals surface area contributed by atoms with Crippen molar-refractivity contribution < 1.29 is 4.79 Å². The zero-order valence-electron chi connectivity index (χ0n) is 19.1. The van der Waals surface area contributed by atoms with Gasteiger partial charge in [0.1, 0.15) is 0 Å². The zero-order valence-corrected chi connectivity index (χ0v) is 21.4. The summed E-state index contributed by atoms with van der Waals surface area (Å²) in [5, 5.41) is 11.0. The lowest BCUT2D eigenvalue weighted by molar-refractivity contribution is 0.222. The van der Waals surface area contributed by atoms with Gasteiger partial charge in [0.15, 0.2) is 5.96 Å². The van der Waals surface area contributed by atoms with E-state index >= 15 is 0 Å². The standard InChI is InChI=1S/C25H32N6O.HI/c1-2-26-24(27-13-12-20-18-28-23-11-4-3-10-22(20)23)29-17-19-8-7-9-21(16-19)30-25(32)31-14-5-6-15-31;/h3-4,7-11,16,18,28H,2,5-6,12-15,17H2,1H3,(H,30,32)(H2,26,27,29);1H. The van der Waals surface area contributed by atoms with Crippen LogP contribution in [0, 0.1) is 0 Å². The lowest BCUT2D eigenvalue weighted by Crippen LogP contribution is -2.38. The third-order valence-electron chi connectivity index (χ3n) is 5.70. The van der Waals surface area contributed by atoms with Crippen LogP contribution in [0.4, 0.5) is 10.5 Å². The number of hydrogen-bond acceptors (Lipinski definition) is 2. The van der Waals surface area contributed by atoms with Crippen molar-refractivity contribution in [3.05, 3.63) is 65.9 Å². The number of halogens is 1. The second-order valence-electron chi connectivity index (χ2n) is 8.06. The van der Waals surface area contributed by atoms with Crippen molar-refractivity contribution in [3.63, 3.8) is 0 Å². The van der Waals surface area contributed by atoms with Crippen LogP contribution in [0.2, 0.25) is 0 Å². The molecule has 8 heteroatoms. The first-order chi connectivity index (χ1) is 15.7. The molecule has 1 fully saturated rings. The fourth-order valence-corrected chi connectivity index (χ4v) is 4.04. The zero-order chi connectivity index (χ0) is 22.2. The van der Waals surface area contributed by atoms with Crippen molar-refractivity contribution in [2.75, 3.05) is 31.5 Å². The summed E-state index contributed by atoms with van der Waals surface area (Å²) in [5.74, 6) is 0.791. The number of H-pyrrole nitrogens is 1. The Kier molecular flexibility index (Phi) is 9.41. The Hall–Kier alpha value is -2.75. The number of anilines is 1. The van der Waals surface area contributed by atoms with Gasteiger partial charge in [-0.25, -0.2) is 9.79 Å². The summed E-state index contributed by atoms with van der Waals surface area (Å²) in [4.78, 5) is 22.3. The molecule has 1 saturated heterocycles. The number of rotatable bonds is 7. The Morgan fingerprint density at radius 2 is 1.91 bits per heavy atom. The monoisotopic (exact) mass is 560 g/mol. The smallest absolute Gasteiger partial charge is 0.321 e. The van der Waals surface area contributed by atoms with E-state index in [-0.39, 0.29) is 30.0 Å². The van der Waals surface area contributed by atoms with E-state index in [0.29, 0.717) is 6.54 Å². The van der Waals surface area contributed by atoms with Gasteiger partial charge in [-0.1, -0.05) is 30.3 Å². The highest BCUT2D eigenvalue weighted by Gasteiger charge is 2.17.